The van der Waals surface area contributed by atoms with Crippen molar-refractivity contribution < 1.29 is 71.4 Å². The van der Waals surface area contributed by atoms with E-state index < -0.39 is 49.7 Å². The molecule has 0 aromatic heterocycles. The number of hydrogen-bond acceptors (Lipinski definition) is 15. The molecule has 0 saturated heterocycles. The van der Waals surface area contributed by atoms with Gasteiger partial charge in [0.05, 0.1) is 26.4 Å². The molecule has 15 nitrogen and oxygen atoms in total. The average Bonchev–Trinajstić information content (AvgIpc) is 3.20. The zero-order chi connectivity index (χ0) is 39.4. The highest BCUT2D eigenvalue weighted by Crippen LogP contribution is 2.07. The molecule has 55 heavy (non-hydrogen) atoms. The molecule has 3 aromatic rings. The van der Waals surface area contributed by atoms with Gasteiger partial charge < -0.3 is 42.6 Å². The third-order valence-electron chi connectivity index (χ3n) is 7.21. The monoisotopic (exact) mass is 766 g/mol. The normalized spacial score (nSPS) is 11.0. The largest absolute Gasteiger partial charge is 0.508 e. The van der Waals surface area contributed by atoms with Crippen LogP contribution in [0.15, 0.2) is 91.0 Å². The summed E-state index contributed by atoms with van der Waals surface area (Å²) in [6, 6.07) is 27.6. The first-order valence-corrected chi connectivity index (χ1v) is 17.7. The molecule has 0 heterocycles. The predicted molar refractivity (Wildman–Crippen MR) is 192 cm³/mol. The van der Waals surface area contributed by atoms with Crippen LogP contribution in [0.5, 0.6) is 0 Å². The summed E-state index contributed by atoms with van der Waals surface area (Å²) in [5.41, 5.74) is 2.60. The van der Waals surface area contributed by atoms with Crippen molar-refractivity contribution in [2.24, 2.45) is 0 Å². The van der Waals surface area contributed by atoms with Gasteiger partial charge in [-0.1, -0.05) is 91.0 Å². The van der Waals surface area contributed by atoms with Gasteiger partial charge in [0.25, 0.3) is 0 Å². The van der Waals surface area contributed by atoms with Crippen LogP contribution in [-0.4, -0.2) is 81.9 Å². The van der Waals surface area contributed by atoms with E-state index in [2.05, 4.69) is 0 Å². The van der Waals surface area contributed by atoms with Gasteiger partial charge in [0.1, 0.15) is 33.0 Å². The molecular weight excluding hydrogens is 720 g/mol. The smallest absolute Gasteiger partial charge is 0.461 e. The zero-order valence-corrected chi connectivity index (χ0v) is 30.5. The summed E-state index contributed by atoms with van der Waals surface area (Å²) in [6.45, 7) is -1.23. The van der Waals surface area contributed by atoms with Gasteiger partial charge in [-0.25, -0.2) is 14.4 Å². The maximum atomic E-state index is 12.4. The Morgan fingerprint density at radius 1 is 0.436 bits per heavy atom. The lowest BCUT2D eigenvalue weighted by atomic mass is 10.2. The zero-order valence-electron chi connectivity index (χ0n) is 30.5. The van der Waals surface area contributed by atoms with Crippen LogP contribution in [-0.2, 0) is 76.8 Å². The number of carbonyl (C=O) groups excluding carboxylic acids is 6. The molecule has 1 unspecified atom stereocenters. The topological polar surface area (TPSA) is 185 Å². The summed E-state index contributed by atoms with van der Waals surface area (Å²) < 4.78 is 45.9. The standard InChI is InChI=1S/C40H46O15/c41-34(28-47-25-31-13-4-1-5-14-31)19-10-22-48-38(44)53-29-35(55-40(46)50-24-12-21-37(43)52-27-33-17-8-3-9-18-33)30-54-39(45)49-23-11-20-36(42)51-26-32-15-6-2-7-16-32/h1-9,13-18,35H,10-12,19-30H2. The third-order valence-corrected chi connectivity index (χ3v) is 7.21. The minimum atomic E-state index is -1.33. The van der Waals surface area contributed by atoms with E-state index in [1.807, 2.05) is 91.0 Å². The maximum absolute atomic E-state index is 12.4. The first kappa shape index (κ1) is 43.4. The molecule has 1 atom stereocenters. The lowest BCUT2D eigenvalue weighted by Crippen LogP contribution is -2.31. The van der Waals surface area contributed by atoms with Crippen LogP contribution < -0.4 is 0 Å². The second-order valence-electron chi connectivity index (χ2n) is 11.8. The van der Waals surface area contributed by atoms with E-state index in [1.54, 1.807) is 0 Å². The van der Waals surface area contributed by atoms with E-state index in [1.165, 1.54) is 0 Å². The number of rotatable bonds is 25. The highest BCUT2D eigenvalue weighted by molar-refractivity contribution is 5.79. The number of ketones is 1. The number of esters is 2. The molecule has 0 aliphatic rings. The van der Waals surface area contributed by atoms with Crippen LogP contribution in [0.1, 0.15) is 55.2 Å². The molecule has 3 aromatic carbocycles. The SMILES string of the molecule is O=C(CCCOC(=O)OCC(COC(=O)OCCCC(=O)OCc1ccccc1)OC(=O)OCCCC(=O)OCc1ccccc1)COCc1ccccc1. The molecule has 0 spiro atoms. The van der Waals surface area contributed by atoms with Gasteiger partial charge in [0, 0.05) is 19.3 Å². The quantitative estimate of drug-likeness (QED) is 0.0522. The summed E-state index contributed by atoms with van der Waals surface area (Å²) in [5.74, 6) is -1.13. The fourth-order valence-electron chi connectivity index (χ4n) is 4.41. The Morgan fingerprint density at radius 2 is 0.836 bits per heavy atom. The van der Waals surface area contributed by atoms with Crippen LogP contribution in [0.3, 0.4) is 0 Å². The molecule has 296 valence electrons. The van der Waals surface area contributed by atoms with Crippen LogP contribution >= 0.6 is 0 Å². The Kier molecular flexibility index (Phi) is 21.1. The highest BCUT2D eigenvalue weighted by atomic mass is 16.8. The van der Waals surface area contributed by atoms with Gasteiger partial charge in [0.15, 0.2) is 11.9 Å². The van der Waals surface area contributed by atoms with E-state index in [0.717, 1.165) is 16.7 Å². The Labute approximate surface area is 319 Å². The second kappa shape index (κ2) is 26.7. The Bertz CT molecular complexity index is 1580. The summed E-state index contributed by atoms with van der Waals surface area (Å²) in [7, 11) is 0. The first-order valence-electron chi connectivity index (χ1n) is 17.7. The molecule has 0 N–H and O–H groups in total. The van der Waals surface area contributed by atoms with Crippen molar-refractivity contribution in [1.29, 1.82) is 0 Å². The predicted octanol–water partition coefficient (Wildman–Crippen LogP) is 6.43. The Morgan fingerprint density at radius 3 is 1.29 bits per heavy atom. The molecule has 0 fully saturated rings. The number of hydrogen-bond donors (Lipinski definition) is 0. The molecule has 0 saturated carbocycles. The number of carbonyl (C=O) groups is 6. The van der Waals surface area contributed by atoms with Crippen molar-refractivity contribution in [3.8, 4) is 0 Å². The van der Waals surface area contributed by atoms with Crippen molar-refractivity contribution >= 4 is 36.2 Å². The summed E-state index contributed by atoms with van der Waals surface area (Å²) in [5, 5.41) is 0. The third kappa shape index (κ3) is 21.4. The van der Waals surface area contributed by atoms with Crippen molar-refractivity contribution in [3.63, 3.8) is 0 Å². The lowest BCUT2D eigenvalue weighted by molar-refractivity contribution is -0.146. The van der Waals surface area contributed by atoms with Crippen LogP contribution in [0.4, 0.5) is 14.4 Å². The van der Waals surface area contributed by atoms with Crippen molar-refractivity contribution in [2.45, 2.75) is 64.4 Å². The Hall–Kier alpha value is -5.96. The number of ether oxygens (including phenoxy) is 9. The minimum absolute atomic E-state index is 0.00537. The van der Waals surface area contributed by atoms with Gasteiger partial charge in [0.2, 0.25) is 0 Å². The van der Waals surface area contributed by atoms with Gasteiger partial charge in [-0.3, -0.25) is 14.4 Å². The molecule has 3 rings (SSSR count). The van der Waals surface area contributed by atoms with E-state index in [4.69, 9.17) is 42.6 Å². The van der Waals surface area contributed by atoms with Gasteiger partial charge in [-0.2, -0.15) is 0 Å². The lowest BCUT2D eigenvalue weighted by Gasteiger charge is -2.17. The highest BCUT2D eigenvalue weighted by Gasteiger charge is 2.22. The summed E-state index contributed by atoms with van der Waals surface area (Å²) in [4.78, 5) is 72.7. The van der Waals surface area contributed by atoms with E-state index in [-0.39, 0.29) is 83.9 Å². The fourth-order valence-corrected chi connectivity index (χ4v) is 4.41. The molecule has 0 aliphatic carbocycles. The van der Waals surface area contributed by atoms with Crippen LogP contribution in [0.25, 0.3) is 0 Å². The molecule has 15 heteroatoms. The molecule has 0 amide bonds. The molecule has 0 bridgehead atoms. The van der Waals surface area contributed by atoms with Crippen molar-refractivity contribution in [2.75, 3.05) is 39.6 Å². The minimum Gasteiger partial charge on any atom is -0.461 e. The first-order chi connectivity index (χ1) is 26.8. The van der Waals surface area contributed by atoms with Crippen molar-refractivity contribution in [1.82, 2.24) is 0 Å². The van der Waals surface area contributed by atoms with E-state index >= 15 is 0 Å². The van der Waals surface area contributed by atoms with Gasteiger partial charge in [-0.15, -0.1) is 0 Å². The second-order valence-corrected chi connectivity index (χ2v) is 11.8. The molecular formula is C40H46O15. The van der Waals surface area contributed by atoms with Gasteiger partial charge >= 0.3 is 30.4 Å². The number of Topliss-reactive ketones (excluding diaryl/α,β-unsaturated/α-hetero) is 1. The molecule has 0 radical (unpaired) electrons. The fraction of sp³-hybridized carbons (Fsp3) is 0.400. The summed E-state index contributed by atoms with van der Waals surface area (Å²) >= 11 is 0. The average molecular weight is 767 g/mol. The van der Waals surface area contributed by atoms with E-state index in [0.29, 0.717) is 6.61 Å². The van der Waals surface area contributed by atoms with Crippen LogP contribution in [0.2, 0.25) is 0 Å². The van der Waals surface area contributed by atoms with E-state index in [9.17, 15) is 28.8 Å². The maximum Gasteiger partial charge on any atom is 0.508 e. The Balaban J connectivity index is 1.34. The number of benzene rings is 3. The van der Waals surface area contributed by atoms with Crippen LogP contribution in [0, 0.1) is 0 Å². The summed E-state index contributed by atoms with van der Waals surface area (Å²) in [6.07, 6.45) is -4.17. The van der Waals surface area contributed by atoms with Gasteiger partial charge in [-0.05, 0) is 36.0 Å². The molecule has 0 aliphatic heterocycles. The van der Waals surface area contributed by atoms with Crippen molar-refractivity contribution in [3.05, 3.63) is 108 Å².